The molecule has 0 fully saturated rings. The monoisotopic (exact) mass is 356 g/mol. The van der Waals surface area contributed by atoms with Gasteiger partial charge >= 0.3 is 5.97 Å². The van der Waals surface area contributed by atoms with Gasteiger partial charge in [-0.3, -0.25) is 4.79 Å². The lowest BCUT2D eigenvalue weighted by atomic mass is 10.0. The van der Waals surface area contributed by atoms with E-state index in [2.05, 4.69) is 25.2 Å². The molecule has 0 atom stereocenters. The van der Waals surface area contributed by atoms with E-state index in [0.717, 1.165) is 16.9 Å². The van der Waals surface area contributed by atoms with Crippen molar-refractivity contribution in [2.75, 3.05) is 11.9 Å². The lowest BCUT2D eigenvalue weighted by molar-refractivity contribution is 0.0531. The molecule has 2 aromatic rings. The Labute approximate surface area is 151 Å². The van der Waals surface area contributed by atoms with Gasteiger partial charge in [0.2, 0.25) is 0 Å². The molecule has 1 N–H and O–H groups in total. The fraction of sp³-hybridized carbons (Fsp3) is 0.316. The first kappa shape index (κ1) is 18.7. The van der Waals surface area contributed by atoms with E-state index in [1.54, 1.807) is 26.0 Å². The van der Waals surface area contributed by atoms with Gasteiger partial charge in [0.1, 0.15) is 15.9 Å². The number of hydrogen-bond donors (Lipinski definition) is 1. The Morgan fingerprint density at radius 3 is 2.44 bits per heavy atom. The molecule has 5 nitrogen and oxygen atoms in total. The fourth-order valence-corrected chi connectivity index (χ4v) is 3.37. The van der Waals surface area contributed by atoms with E-state index in [1.807, 2.05) is 12.1 Å². The van der Waals surface area contributed by atoms with Crippen LogP contribution in [0.25, 0.3) is 0 Å². The third-order valence-corrected chi connectivity index (χ3v) is 4.97. The Hall–Kier alpha value is -2.65. The average molecular weight is 356 g/mol. The van der Waals surface area contributed by atoms with E-state index in [9.17, 15) is 14.9 Å². The fourth-order valence-electron chi connectivity index (χ4n) is 2.32. The number of nitriles is 1. The Bertz CT molecular complexity index is 830. The topological polar surface area (TPSA) is 79.2 Å². The molecule has 1 amide bonds. The molecular weight excluding hydrogens is 336 g/mol. The molecule has 6 heteroatoms. The molecule has 0 unspecified atom stereocenters. The normalized spacial score (nSPS) is 10.4. The Balaban J connectivity index is 2.27. The summed E-state index contributed by atoms with van der Waals surface area (Å²) < 4.78 is 5.00. The average Bonchev–Trinajstić information content (AvgIpc) is 2.90. The maximum atomic E-state index is 12.4. The van der Waals surface area contributed by atoms with Crippen molar-refractivity contribution in [2.45, 2.75) is 33.6 Å². The number of carbonyl (C=O) groups excluding carboxylic acids is 2. The number of anilines is 1. The third-order valence-electron chi connectivity index (χ3n) is 3.79. The highest BCUT2D eigenvalue weighted by Gasteiger charge is 2.22. The van der Waals surface area contributed by atoms with E-state index in [4.69, 9.17) is 4.74 Å². The molecule has 2 rings (SSSR count). The Morgan fingerprint density at radius 1 is 1.28 bits per heavy atom. The summed E-state index contributed by atoms with van der Waals surface area (Å²) in [4.78, 5) is 24.8. The predicted molar refractivity (Wildman–Crippen MR) is 98.2 cm³/mol. The first-order chi connectivity index (χ1) is 11.9. The van der Waals surface area contributed by atoms with E-state index in [-0.39, 0.29) is 12.5 Å². The van der Waals surface area contributed by atoms with Crippen molar-refractivity contribution < 1.29 is 14.3 Å². The quantitative estimate of drug-likeness (QED) is 0.801. The number of nitrogens with one attached hydrogen (secondary N) is 1. The van der Waals surface area contributed by atoms with Crippen molar-refractivity contribution in [3.63, 3.8) is 0 Å². The smallest absolute Gasteiger partial charge is 0.348 e. The van der Waals surface area contributed by atoms with Gasteiger partial charge in [0.25, 0.3) is 5.91 Å². The maximum absolute atomic E-state index is 12.4. The molecule has 0 aliphatic carbocycles. The van der Waals surface area contributed by atoms with E-state index in [0.29, 0.717) is 32.5 Å². The summed E-state index contributed by atoms with van der Waals surface area (Å²) in [6, 6.07) is 9.38. The van der Waals surface area contributed by atoms with Crippen LogP contribution in [0, 0.1) is 18.3 Å². The van der Waals surface area contributed by atoms with Gasteiger partial charge in [0.05, 0.1) is 12.2 Å². The number of amides is 1. The van der Waals surface area contributed by atoms with Crippen LogP contribution in [-0.2, 0) is 4.74 Å². The van der Waals surface area contributed by atoms with Crippen LogP contribution in [0.15, 0.2) is 24.3 Å². The van der Waals surface area contributed by atoms with Crippen LogP contribution >= 0.6 is 11.3 Å². The van der Waals surface area contributed by atoms with Gasteiger partial charge in [-0.05, 0) is 43.0 Å². The minimum Gasteiger partial charge on any atom is -0.462 e. The summed E-state index contributed by atoms with van der Waals surface area (Å²) >= 11 is 1.06. The van der Waals surface area contributed by atoms with Crippen molar-refractivity contribution in [3.05, 3.63) is 51.4 Å². The summed E-state index contributed by atoms with van der Waals surface area (Å²) in [5.74, 6) is -0.416. The van der Waals surface area contributed by atoms with Gasteiger partial charge in [-0.2, -0.15) is 5.26 Å². The number of nitrogens with zero attached hydrogens (tertiary/aromatic N) is 1. The second-order valence-electron chi connectivity index (χ2n) is 5.82. The van der Waals surface area contributed by atoms with Crippen molar-refractivity contribution in [1.29, 1.82) is 5.26 Å². The Morgan fingerprint density at radius 2 is 1.92 bits per heavy atom. The van der Waals surface area contributed by atoms with Crippen LogP contribution in [0.1, 0.15) is 63.4 Å². The van der Waals surface area contributed by atoms with Crippen molar-refractivity contribution in [2.24, 2.45) is 0 Å². The summed E-state index contributed by atoms with van der Waals surface area (Å²) in [6.45, 7) is 7.81. The number of thiophene rings is 1. The van der Waals surface area contributed by atoms with Crippen LogP contribution in [0.5, 0.6) is 0 Å². The zero-order chi connectivity index (χ0) is 18.6. The molecule has 0 saturated carbocycles. The first-order valence-electron chi connectivity index (χ1n) is 8.00. The van der Waals surface area contributed by atoms with Crippen molar-refractivity contribution in [3.8, 4) is 6.07 Å². The number of hydrogen-bond acceptors (Lipinski definition) is 5. The van der Waals surface area contributed by atoms with Crippen LogP contribution in [-0.4, -0.2) is 18.5 Å². The van der Waals surface area contributed by atoms with E-state index in [1.165, 1.54) is 0 Å². The van der Waals surface area contributed by atoms with Gasteiger partial charge in [-0.1, -0.05) is 26.0 Å². The zero-order valence-electron chi connectivity index (χ0n) is 14.7. The Kier molecular flexibility index (Phi) is 5.94. The molecule has 0 saturated heterocycles. The molecule has 0 radical (unpaired) electrons. The highest BCUT2D eigenvalue weighted by molar-refractivity contribution is 7.18. The van der Waals surface area contributed by atoms with Crippen LogP contribution in [0.4, 0.5) is 5.00 Å². The summed E-state index contributed by atoms with van der Waals surface area (Å²) in [5, 5.41) is 12.5. The largest absolute Gasteiger partial charge is 0.462 e. The minimum atomic E-state index is -0.483. The minimum absolute atomic E-state index is 0.252. The molecule has 25 heavy (non-hydrogen) atoms. The highest BCUT2D eigenvalue weighted by atomic mass is 32.1. The van der Waals surface area contributed by atoms with Crippen LogP contribution in [0.2, 0.25) is 0 Å². The molecule has 0 spiro atoms. The molecule has 0 aliphatic heterocycles. The molecule has 130 valence electrons. The van der Waals surface area contributed by atoms with Gasteiger partial charge in [0.15, 0.2) is 0 Å². The lowest BCUT2D eigenvalue weighted by Crippen LogP contribution is -2.11. The van der Waals surface area contributed by atoms with Gasteiger partial charge < -0.3 is 10.1 Å². The molecular formula is C19H20N2O3S. The summed E-state index contributed by atoms with van der Waals surface area (Å²) in [5.41, 5.74) is 2.46. The van der Waals surface area contributed by atoms with Gasteiger partial charge in [0, 0.05) is 5.56 Å². The lowest BCUT2D eigenvalue weighted by Gasteiger charge is -2.07. The van der Waals surface area contributed by atoms with E-state index < -0.39 is 5.97 Å². The first-order valence-corrected chi connectivity index (χ1v) is 8.82. The molecule has 0 aliphatic rings. The van der Waals surface area contributed by atoms with Crippen LogP contribution in [0.3, 0.4) is 0 Å². The number of esters is 1. The highest BCUT2D eigenvalue weighted by Crippen LogP contribution is 2.33. The SMILES string of the molecule is CCOC(=O)c1sc(NC(=O)c2ccc(C(C)C)cc2)c(C#N)c1C. The summed E-state index contributed by atoms with van der Waals surface area (Å²) in [7, 11) is 0. The number of benzene rings is 1. The van der Waals surface area contributed by atoms with Gasteiger partial charge in [-0.15, -0.1) is 11.3 Å². The number of rotatable bonds is 5. The zero-order valence-corrected chi connectivity index (χ0v) is 15.5. The van der Waals surface area contributed by atoms with Crippen molar-refractivity contribution >= 4 is 28.2 Å². The number of carbonyl (C=O) groups is 2. The van der Waals surface area contributed by atoms with Crippen LogP contribution < -0.4 is 5.32 Å². The second kappa shape index (κ2) is 7.95. The standard InChI is InChI=1S/C19H20N2O3S/c1-5-24-19(23)16-12(4)15(10-20)18(25-16)21-17(22)14-8-6-13(7-9-14)11(2)3/h6-9,11H,5H2,1-4H3,(H,21,22). The third kappa shape index (κ3) is 4.06. The molecule has 1 heterocycles. The molecule has 1 aromatic heterocycles. The number of ether oxygens (including phenoxy) is 1. The van der Waals surface area contributed by atoms with E-state index >= 15 is 0 Å². The molecule has 1 aromatic carbocycles. The molecule has 0 bridgehead atoms. The predicted octanol–water partition coefficient (Wildman–Crippen LogP) is 4.48. The maximum Gasteiger partial charge on any atom is 0.348 e. The summed E-state index contributed by atoms with van der Waals surface area (Å²) in [6.07, 6.45) is 0. The second-order valence-corrected chi connectivity index (χ2v) is 6.84. The van der Waals surface area contributed by atoms with Gasteiger partial charge in [-0.25, -0.2) is 4.79 Å². The van der Waals surface area contributed by atoms with Crippen molar-refractivity contribution in [1.82, 2.24) is 0 Å².